The zero-order valence-electron chi connectivity index (χ0n) is 6.84. The van der Waals surface area contributed by atoms with Crippen LogP contribution in [0.5, 0.6) is 0 Å². The molecule has 0 amide bonds. The molecule has 10 heavy (non-hydrogen) atoms. The van der Waals surface area contributed by atoms with E-state index in [1.54, 1.807) is 0 Å². The van der Waals surface area contributed by atoms with E-state index in [0.29, 0.717) is 0 Å². The molecule has 2 unspecified atom stereocenters. The molecule has 1 rings (SSSR count). The first-order chi connectivity index (χ1) is 4.83. The third-order valence-electron chi connectivity index (χ3n) is 2.64. The second-order valence-electron chi connectivity index (χ2n) is 3.44. The Morgan fingerprint density at radius 3 is 2.70 bits per heavy atom. The van der Waals surface area contributed by atoms with Crippen LogP contribution in [0.2, 0.25) is 0 Å². The third kappa shape index (κ3) is 2.30. The highest BCUT2D eigenvalue weighted by Crippen LogP contribution is 2.24. The van der Waals surface area contributed by atoms with Crippen molar-refractivity contribution in [2.45, 2.75) is 51.6 Å². The predicted octanol–water partition coefficient (Wildman–Crippen LogP) is 2.34. The quantitative estimate of drug-likeness (QED) is 0.557. The number of hydrogen-bond donors (Lipinski definition) is 1. The average Bonchev–Trinajstić information content (AvgIpc) is 2.14. The van der Waals surface area contributed by atoms with Gasteiger partial charge in [-0.3, -0.25) is 0 Å². The fourth-order valence-corrected chi connectivity index (χ4v) is 1.77. The Morgan fingerprint density at radius 2 is 2.00 bits per heavy atom. The molecule has 0 aromatic rings. The fraction of sp³-hybridized carbons (Fsp3) is 1.00. The SMILES string of the molecule is CCC1CCCC(O)CC1. The molecule has 0 aromatic carbocycles. The van der Waals surface area contributed by atoms with Crippen LogP contribution in [0.4, 0.5) is 0 Å². The fourth-order valence-electron chi connectivity index (χ4n) is 1.77. The maximum Gasteiger partial charge on any atom is 0.0540 e. The Balaban J connectivity index is 2.26. The molecule has 1 nitrogen and oxygen atoms in total. The smallest absolute Gasteiger partial charge is 0.0540 e. The predicted molar refractivity (Wildman–Crippen MR) is 42.9 cm³/mol. The minimum absolute atomic E-state index is 0.0107. The average molecular weight is 142 g/mol. The Kier molecular flexibility index (Phi) is 3.20. The van der Waals surface area contributed by atoms with Gasteiger partial charge in [-0.15, -0.1) is 0 Å². The van der Waals surface area contributed by atoms with Crippen molar-refractivity contribution >= 4 is 0 Å². The van der Waals surface area contributed by atoms with Crippen molar-refractivity contribution in [3.8, 4) is 0 Å². The normalized spacial score (nSPS) is 35.4. The summed E-state index contributed by atoms with van der Waals surface area (Å²) in [5, 5.41) is 9.30. The zero-order valence-corrected chi connectivity index (χ0v) is 6.84. The second-order valence-corrected chi connectivity index (χ2v) is 3.44. The van der Waals surface area contributed by atoms with E-state index in [2.05, 4.69) is 6.92 Å². The Labute approximate surface area is 63.4 Å². The minimum atomic E-state index is 0.0107. The summed E-state index contributed by atoms with van der Waals surface area (Å²) in [5.41, 5.74) is 0. The van der Waals surface area contributed by atoms with Gasteiger partial charge in [0, 0.05) is 0 Å². The molecule has 0 heterocycles. The molecule has 0 aromatic heterocycles. The summed E-state index contributed by atoms with van der Waals surface area (Å²) < 4.78 is 0. The summed E-state index contributed by atoms with van der Waals surface area (Å²) in [5.74, 6) is 0.900. The summed E-state index contributed by atoms with van der Waals surface area (Å²) >= 11 is 0. The zero-order chi connectivity index (χ0) is 7.40. The van der Waals surface area contributed by atoms with Crippen molar-refractivity contribution in [1.82, 2.24) is 0 Å². The molecule has 0 bridgehead atoms. The van der Waals surface area contributed by atoms with Crippen LogP contribution >= 0.6 is 0 Å². The maximum atomic E-state index is 9.30. The van der Waals surface area contributed by atoms with E-state index in [9.17, 15) is 5.11 Å². The van der Waals surface area contributed by atoms with Gasteiger partial charge in [0.25, 0.3) is 0 Å². The topological polar surface area (TPSA) is 20.2 Å². The van der Waals surface area contributed by atoms with Crippen LogP contribution in [0.25, 0.3) is 0 Å². The molecule has 0 aliphatic heterocycles. The molecular weight excluding hydrogens is 124 g/mol. The molecule has 1 heteroatoms. The summed E-state index contributed by atoms with van der Waals surface area (Å²) in [6.45, 7) is 2.25. The standard InChI is InChI=1S/C9H18O/c1-2-8-4-3-5-9(10)7-6-8/h8-10H,2-7H2,1H3. The van der Waals surface area contributed by atoms with Crippen molar-refractivity contribution in [3.05, 3.63) is 0 Å². The third-order valence-corrected chi connectivity index (χ3v) is 2.64. The lowest BCUT2D eigenvalue weighted by Crippen LogP contribution is -2.03. The van der Waals surface area contributed by atoms with Crippen LogP contribution in [-0.2, 0) is 0 Å². The summed E-state index contributed by atoms with van der Waals surface area (Å²) in [6.07, 6.45) is 7.21. The van der Waals surface area contributed by atoms with Crippen LogP contribution < -0.4 is 0 Å². The van der Waals surface area contributed by atoms with Crippen molar-refractivity contribution in [3.63, 3.8) is 0 Å². The highest BCUT2D eigenvalue weighted by Gasteiger charge is 2.14. The lowest BCUT2D eigenvalue weighted by atomic mass is 9.98. The molecule has 1 N–H and O–H groups in total. The van der Waals surface area contributed by atoms with Gasteiger partial charge in [-0.2, -0.15) is 0 Å². The van der Waals surface area contributed by atoms with E-state index >= 15 is 0 Å². The molecule has 0 saturated heterocycles. The summed E-state index contributed by atoms with van der Waals surface area (Å²) in [7, 11) is 0. The lowest BCUT2D eigenvalue weighted by Gasteiger charge is -2.09. The Bertz CT molecular complexity index is 90.7. The Morgan fingerprint density at radius 1 is 1.20 bits per heavy atom. The van der Waals surface area contributed by atoms with Crippen LogP contribution in [0.1, 0.15) is 45.4 Å². The Hall–Kier alpha value is -0.0400. The number of hydrogen-bond acceptors (Lipinski definition) is 1. The van der Waals surface area contributed by atoms with Gasteiger partial charge in [0.15, 0.2) is 0 Å². The van der Waals surface area contributed by atoms with Gasteiger partial charge in [-0.25, -0.2) is 0 Å². The van der Waals surface area contributed by atoms with Crippen LogP contribution in [0.3, 0.4) is 0 Å². The van der Waals surface area contributed by atoms with E-state index in [0.717, 1.165) is 18.8 Å². The van der Waals surface area contributed by atoms with E-state index in [4.69, 9.17) is 0 Å². The molecule has 1 fully saturated rings. The second kappa shape index (κ2) is 3.97. The number of rotatable bonds is 1. The monoisotopic (exact) mass is 142 g/mol. The van der Waals surface area contributed by atoms with Gasteiger partial charge in [0.05, 0.1) is 6.10 Å². The van der Waals surface area contributed by atoms with E-state index in [1.807, 2.05) is 0 Å². The van der Waals surface area contributed by atoms with Crippen LogP contribution in [-0.4, -0.2) is 11.2 Å². The molecule has 1 aliphatic carbocycles. The summed E-state index contributed by atoms with van der Waals surface area (Å²) in [4.78, 5) is 0. The van der Waals surface area contributed by atoms with Gasteiger partial charge < -0.3 is 5.11 Å². The van der Waals surface area contributed by atoms with Crippen molar-refractivity contribution in [1.29, 1.82) is 0 Å². The number of aliphatic hydroxyl groups excluding tert-OH is 1. The molecule has 0 radical (unpaired) electrons. The first-order valence-electron chi connectivity index (χ1n) is 4.51. The maximum absolute atomic E-state index is 9.30. The molecule has 2 atom stereocenters. The highest BCUT2D eigenvalue weighted by atomic mass is 16.3. The van der Waals surface area contributed by atoms with Gasteiger partial charge in [-0.1, -0.05) is 26.2 Å². The minimum Gasteiger partial charge on any atom is -0.393 e. The molecular formula is C9H18O. The van der Waals surface area contributed by atoms with Crippen molar-refractivity contribution < 1.29 is 5.11 Å². The van der Waals surface area contributed by atoms with Crippen LogP contribution in [0, 0.1) is 5.92 Å². The molecule has 0 spiro atoms. The van der Waals surface area contributed by atoms with Gasteiger partial charge in [0.2, 0.25) is 0 Å². The first kappa shape index (κ1) is 8.06. The van der Waals surface area contributed by atoms with E-state index in [1.165, 1.54) is 25.7 Å². The first-order valence-corrected chi connectivity index (χ1v) is 4.51. The molecule has 1 saturated carbocycles. The highest BCUT2D eigenvalue weighted by molar-refractivity contribution is 4.67. The van der Waals surface area contributed by atoms with Crippen LogP contribution in [0.15, 0.2) is 0 Å². The van der Waals surface area contributed by atoms with E-state index in [-0.39, 0.29) is 6.10 Å². The molecule has 60 valence electrons. The van der Waals surface area contributed by atoms with Crippen molar-refractivity contribution in [2.24, 2.45) is 5.92 Å². The van der Waals surface area contributed by atoms with Gasteiger partial charge in [-0.05, 0) is 25.2 Å². The largest absolute Gasteiger partial charge is 0.393 e. The van der Waals surface area contributed by atoms with Crippen molar-refractivity contribution in [2.75, 3.05) is 0 Å². The lowest BCUT2D eigenvalue weighted by molar-refractivity contribution is 0.156. The summed E-state index contributed by atoms with van der Waals surface area (Å²) in [6, 6.07) is 0. The van der Waals surface area contributed by atoms with Gasteiger partial charge in [0.1, 0.15) is 0 Å². The van der Waals surface area contributed by atoms with Gasteiger partial charge >= 0.3 is 0 Å². The number of aliphatic hydroxyl groups is 1. The molecule has 1 aliphatic rings. The van der Waals surface area contributed by atoms with E-state index < -0.39 is 0 Å².